The van der Waals surface area contributed by atoms with Crippen LogP contribution in [-0.2, 0) is 14.8 Å². The van der Waals surface area contributed by atoms with Gasteiger partial charge in [-0.3, -0.25) is 20.2 Å². The molecule has 2 heterocycles. The predicted molar refractivity (Wildman–Crippen MR) is 127 cm³/mol. The molecule has 1 amide bonds. The van der Waals surface area contributed by atoms with Gasteiger partial charge < -0.3 is 4.74 Å². The Morgan fingerprint density at radius 1 is 1.12 bits per heavy atom. The SMILES string of the molecule is C[C@@H]1CN(S(=O)(=O)c2ccc(C(=O)Nc3nc(-c4ccc([N+](=O)[O-])cc4)cs3)cc2)C[C@H](C)O1. The zero-order valence-electron chi connectivity index (χ0n) is 18.4. The molecule has 1 fully saturated rings. The number of nitro benzene ring substituents is 1. The van der Waals surface area contributed by atoms with Gasteiger partial charge in [-0.05, 0) is 50.2 Å². The highest BCUT2D eigenvalue weighted by Gasteiger charge is 2.32. The van der Waals surface area contributed by atoms with E-state index in [1.807, 2.05) is 13.8 Å². The molecule has 0 radical (unpaired) electrons. The lowest BCUT2D eigenvalue weighted by atomic mass is 10.1. The van der Waals surface area contributed by atoms with Crippen LogP contribution in [0.5, 0.6) is 0 Å². The predicted octanol–water partition coefficient (Wildman–Crippen LogP) is 3.77. The summed E-state index contributed by atoms with van der Waals surface area (Å²) in [4.78, 5) is 27.4. The molecule has 4 rings (SSSR count). The summed E-state index contributed by atoms with van der Waals surface area (Å²) in [5.41, 5.74) is 1.53. The molecule has 0 aliphatic carbocycles. The summed E-state index contributed by atoms with van der Waals surface area (Å²) in [5.74, 6) is -0.429. The third-order valence-corrected chi connectivity index (χ3v) is 7.84. The van der Waals surface area contributed by atoms with Crippen molar-refractivity contribution >= 4 is 38.1 Å². The number of aromatic nitrogens is 1. The van der Waals surface area contributed by atoms with Crippen molar-refractivity contribution in [1.29, 1.82) is 0 Å². The summed E-state index contributed by atoms with van der Waals surface area (Å²) >= 11 is 1.21. The number of rotatable bonds is 6. The third kappa shape index (κ3) is 5.14. The summed E-state index contributed by atoms with van der Waals surface area (Å²) in [6, 6.07) is 11.7. The van der Waals surface area contributed by atoms with E-state index >= 15 is 0 Å². The summed E-state index contributed by atoms with van der Waals surface area (Å²) in [6.45, 7) is 4.21. The summed E-state index contributed by atoms with van der Waals surface area (Å²) in [7, 11) is -3.70. The number of carbonyl (C=O) groups excluding carboxylic acids is 1. The van der Waals surface area contributed by atoms with Crippen LogP contribution < -0.4 is 5.32 Å². The number of nitro groups is 1. The number of non-ortho nitro benzene ring substituents is 1. The molecule has 1 aromatic heterocycles. The minimum atomic E-state index is -3.70. The lowest BCUT2D eigenvalue weighted by molar-refractivity contribution is -0.384. The van der Waals surface area contributed by atoms with Gasteiger partial charge in [0.1, 0.15) is 0 Å². The highest BCUT2D eigenvalue weighted by Crippen LogP contribution is 2.27. The van der Waals surface area contributed by atoms with Crippen molar-refractivity contribution in [2.45, 2.75) is 31.0 Å². The average molecular weight is 503 g/mol. The van der Waals surface area contributed by atoms with Gasteiger partial charge in [-0.25, -0.2) is 13.4 Å². The number of anilines is 1. The van der Waals surface area contributed by atoms with E-state index in [4.69, 9.17) is 4.74 Å². The number of nitrogens with one attached hydrogen (secondary N) is 1. The molecule has 1 aliphatic heterocycles. The normalized spacial score (nSPS) is 19.0. The Bertz CT molecular complexity index is 1300. The number of carbonyl (C=O) groups is 1. The molecular formula is C22H22N4O6S2. The topological polar surface area (TPSA) is 132 Å². The van der Waals surface area contributed by atoms with E-state index in [-0.39, 0.29) is 41.4 Å². The Labute approximate surface area is 200 Å². The van der Waals surface area contributed by atoms with Gasteiger partial charge in [0.05, 0.1) is 27.7 Å². The smallest absolute Gasteiger partial charge is 0.269 e. The Balaban J connectivity index is 1.44. The van der Waals surface area contributed by atoms with Crippen molar-refractivity contribution in [1.82, 2.24) is 9.29 Å². The molecule has 0 saturated carbocycles. The number of hydrogen-bond donors (Lipinski definition) is 1. The molecule has 1 N–H and O–H groups in total. The third-order valence-electron chi connectivity index (χ3n) is 5.24. The van der Waals surface area contributed by atoms with Crippen molar-refractivity contribution in [3.05, 3.63) is 69.6 Å². The van der Waals surface area contributed by atoms with Gasteiger partial charge in [0, 0.05) is 41.7 Å². The average Bonchev–Trinajstić information content (AvgIpc) is 3.27. The van der Waals surface area contributed by atoms with Gasteiger partial charge in [-0.15, -0.1) is 11.3 Å². The van der Waals surface area contributed by atoms with Crippen LogP contribution in [0.15, 0.2) is 58.8 Å². The first-order valence-electron chi connectivity index (χ1n) is 10.4. The number of benzene rings is 2. The molecular weight excluding hydrogens is 480 g/mol. The first-order valence-corrected chi connectivity index (χ1v) is 12.7. The van der Waals surface area contributed by atoms with Gasteiger partial charge >= 0.3 is 0 Å². The van der Waals surface area contributed by atoms with E-state index < -0.39 is 20.9 Å². The van der Waals surface area contributed by atoms with Gasteiger partial charge in [0.25, 0.3) is 11.6 Å². The molecule has 1 saturated heterocycles. The number of morpholine rings is 1. The summed E-state index contributed by atoms with van der Waals surface area (Å²) in [5, 5.41) is 15.6. The second-order valence-corrected chi connectivity index (χ2v) is 10.7. The van der Waals surface area contributed by atoms with Crippen LogP contribution in [0.1, 0.15) is 24.2 Å². The monoisotopic (exact) mass is 502 g/mol. The van der Waals surface area contributed by atoms with Crippen molar-refractivity contribution in [3.8, 4) is 11.3 Å². The highest BCUT2D eigenvalue weighted by atomic mass is 32.2. The molecule has 10 nitrogen and oxygen atoms in total. The number of thiazole rings is 1. The number of nitrogens with zero attached hydrogens (tertiary/aromatic N) is 3. The zero-order chi connectivity index (χ0) is 24.5. The van der Waals surface area contributed by atoms with E-state index in [0.29, 0.717) is 16.4 Å². The van der Waals surface area contributed by atoms with Crippen LogP contribution in [0.3, 0.4) is 0 Å². The Kier molecular flexibility index (Phi) is 6.75. The highest BCUT2D eigenvalue weighted by molar-refractivity contribution is 7.89. The molecule has 12 heteroatoms. The molecule has 2 aromatic carbocycles. The van der Waals surface area contributed by atoms with E-state index in [9.17, 15) is 23.3 Å². The largest absolute Gasteiger partial charge is 0.373 e. The standard InChI is InChI=1S/C22H22N4O6S2/c1-14-11-25(12-15(2)32-14)34(30,31)19-9-5-17(6-10-19)21(27)24-22-23-20(13-33-22)16-3-7-18(8-4-16)26(28)29/h3-10,13-15H,11-12H2,1-2H3,(H,23,24,27)/t14-,15+. The Hall–Kier alpha value is -3.19. The molecule has 0 unspecified atom stereocenters. The lowest BCUT2D eigenvalue weighted by Gasteiger charge is -2.34. The Morgan fingerprint density at radius 2 is 1.74 bits per heavy atom. The molecule has 34 heavy (non-hydrogen) atoms. The summed E-state index contributed by atoms with van der Waals surface area (Å²) in [6.07, 6.45) is -0.393. The lowest BCUT2D eigenvalue weighted by Crippen LogP contribution is -2.48. The maximum absolute atomic E-state index is 13.0. The second kappa shape index (κ2) is 9.58. The van der Waals surface area contributed by atoms with Gasteiger partial charge in [-0.1, -0.05) is 0 Å². The van der Waals surface area contributed by atoms with Gasteiger partial charge in [-0.2, -0.15) is 4.31 Å². The summed E-state index contributed by atoms with van der Waals surface area (Å²) < 4.78 is 32.9. The fraction of sp³-hybridized carbons (Fsp3) is 0.273. The quantitative estimate of drug-likeness (QED) is 0.401. The van der Waals surface area contributed by atoms with Crippen molar-refractivity contribution in [2.75, 3.05) is 18.4 Å². The Morgan fingerprint density at radius 3 is 2.32 bits per heavy atom. The first kappa shape index (κ1) is 24.0. The zero-order valence-corrected chi connectivity index (χ0v) is 20.0. The maximum Gasteiger partial charge on any atom is 0.269 e. The molecule has 178 valence electrons. The minimum absolute atomic E-state index is 0.0180. The molecule has 0 spiro atoms. The van der Waals surface area contributed by atoms with Crippen LogP contribution >= 0.6 is 11.3 Å². The maximum atomic E-state index is 13.0. The number of sulfonamides is 1. The van der Waals surface area contributed by atoms with Gasteiger partial charge in [0.15, 0.2) is 5.13 Å². The van der Waals surface area contributed by atoms with E-state index in [1.165, 1.54) is 52.0 Å². The molecule has 2 atom stereocenters. The van der Waals surface area contributed by atoms with Gasteiger partial charge in [0.2, 0.25) is 10.0 Å². The molecule has 1 aliphatic rings. The molecule has 0 bridgehead atoms. The fourth-order valence-electron chi connectivity index (χ4n) is 3.64. The minimum Gasteiger partial charge on any atom is -0.373 e. The fourth-order valence-corrected chi connectivity index (χ4v) is 5.95. The number of amides is 1. The van der Waals surface area contributed by atoms with Crippen LogP contribution in [-0.4, -0.2) is 53.8 Å². The van der Waals surface area contributed by atoms with E-state index in [2.05, 4.69) is 10.3 Å². The number of hydrogen-bond acceptors (Lipinski definition) is 8. The number of ether oxygens (including phenoxy) is 1. The molecule has 3 aromatic rings. The van der Waals surface area contributed by atoms with Crippen LogP contribution in [0, 0.1) is 10.1 Å². The van der Waals surface area contributed by atoms with Crippen LogP contribution in [0.4, 0.5) is 10.8 Å². The second-order valence-electron chi connectivity index (χ2n) is 7.90. The first-order chi connectivity index (χ1) is 16.1. The van der Waals surface area contributed by atoms with Crippen molar-refractivity contribution in [3.63, 3.8) is 0 Å². The van der Waals surface area contributed by atoms with Crippen molar-refractivity contribution < 1.29 is 22.9 Å². The van der Waals surface area contributed by atoms with Crippen LogP contribution in [0.25, 0.3) is 11.3 Å². The van der Waals surface area contributed by atoms with E-state index in [0.717, 1.165) is 0 Å². The van der Waals surface area contributed by atoms with E-state index in [1.54, 1.807) is 17.5 Å². The van der Waals surface area contributed by atoms with Crippen LogP contribution in [0.2, 0.25) is 0 Å². The van der Waals surface area contributed by atoms with Crippen molar-refractivity contribution in [2.24, 2.45) is 0 Å².